The number of aliphatic imine (C=N–C) groups is 1. The zero-order chi connectivity index (χ0) is 35.6. The van der Waals surface area contributed by atoms with E-state index in [4.69, 9.17) is 27.1 Å². The number of hydrogen-bond acceptors (Lipinski definition) is 6. The van der Waals surface area contributed by atoms with E-state index in [9.17, 15) is 22.0 Å². The molecule has 4 rings (SSSR count). The van der Waals surface area contributed by atoms with Gasteiger partial charge in [-0.3, -0.25) is 10.8 Å². The highest BCUT2D eigenvalue weighted by atomic mass is 32.1. The van der Waals surface area contributed by atoms with Crippen LogP contribution in [0.4, 0.5) is 33.3 Å². The normalized spacial score (nSPS) is 13.8. The van der Waals surface area contributed by atoms with Gasteiger partial charge in [-0.25, -0.2) is 5.43 Å². The molecule has 1 aliphatic rings. The van der Waals surface area contributed by atoms with Crippen molar-refractivity contribution < 1.29 is 36.2 Å². The highest BCUT2D eigenvalue weighted by molar-refractivity contribution is 7.80. The molecule has 16 heteroatoms. The number of alkyl halides is 5. The van der Waals surface area contributed by atoms with E-state index in [1.807, 2.05) is 30.3 Å². The molecule has 1 fully saturated rings. The fourth-order valence-corrected chi connectivity index (χ4v) is 4.67. The number of guanidine groups is 1. The van der Waals surface area contributed by atoms with Crippen molar-refractivity contribution in [3.8, 4) is 11.5 Å². The first kappa shape index (κ1) is 37.3. The largest absolute Gasteiger partial charge is 0.499 e. The Morgan fingerprint density at radius 1 is 0.980 bits per heavy atom. The van der Waals surface area contributed by atoms with E-state index < -0.39 is 18.0 Å². The van der Waals surface area contributed by atoms with Crippen molar-refractivity contribution in [2.24, 2.45) is 10.9 Å². The number of nitrogens with one attached hydrogen (secondary N) is 6. The van der Waals surface area contributed by atoms with Gasteiger partial charge in [-0.2, -0.15) is 26.9 Å². The average molecular weight is 708 g/mol. The molecule has 0 unspecified atom stereocenters. The Bertz CT molecular complexity index is 1600. The molecule has 3 aromatic rings. The second-order valence-electron chi connectivity index (χ2n) is 11.4. The van der Waals surface area contributed by atoms with Crippen LogP contribution in [0, 0.1) is 11.3 Å². The number of hydrazine groups is 1. The summed E-state index contributed by atoms with van der Waals surface area (Å²) in [4.78, 5) is 4.36. The standard InChI is InChI=1S/C33H38F5N7O3S/c1-20(2)27-13-12-26(46-3)16-28(27)43-31(49)45-41-15-14-21-4-6-23(7-5-21)29(39)44-30(40-17-22-18-47-19-22)42-24-8-10-25(11-9-24)48-33(37,38)32(34,35)36/h4-13,16,20,22,41H,14-15,17-19H2,1-3H3,(H2,43,45,49)(H3,39,40,42,44). The molecular weight excluding hydrogens is 669 g/mol. The molecule has 0 atom stereocenters. The summed E-state index contributed by atoms with van der Waals surface area (Å²) in [5.41, 5.74) is 9.92. The number of amidine groups is 1. The Morgan fingerprint density at radius 2 is 1.65 bits per heavy atom. The first-order chi connectivity index (χ1) is 23.2. The maximum atomic E-state index is 13.3. The van der Waals surface area contributed by atoms with Crippen molar-refractivity contribution in [1.29, 1.82) is 5.41 Å². The molecule has 264 valence electrons. The Balaban J connectivity index is 1.31. The first-order valence-electron chi connectivity index (χ1n) is 15.3. The zero-order valence-electron chi connectivity index (χ0n) is 27.0. The van der Waals surface area contributed by atoms with Crippen LogP contribution in [-0.2, 0) is 11.2 Å². The van der Waals surface area contributed by atoms with Crippen LogP contribution in [0.15, 0.2) is 71.7 Å². The fourth-order valence-electron chi connectivity index (χ4n) is 4.49. The van der Waals surface area contributed by atoms with Crippen molar-refractivity contribution in [3.05, 3.63) is 83.4 Å². The van der Waals surface area contributed by atoms with E-state index in [2.05, 4.69) is 50.4 Å². The third-order valence-corrected chi connectivity index (χ3v) is 7.48. The van der Waals surface area contributed by atoms with Crippen LogP contribution in [-0.4, -0.2) is 62.6 Å². The summed E-state index contributed by atoms with van der Waals surface area (Å²) >= 11 is 5.44. The van der Waals surface area contributed by atoms with Gasteiger partial charge in [0.1, 0.15) is 11.5 Å². The first-order valence-corrected chi connectivity index (χ1v) is 15.7. The van der Waals surface area contributed by atoms with E-state index >= 15 is 0 Å². The maximum absolute atomic E-state index is 13.3. The lowest BCUT2D eigenvalue weighted by Gasteiger charge is -2.26. The summed E-state index contributed by atoms with van der Waals surface area (Å²) in [5, 5.41) is 18.2. The summed E-state index contributed by atoms with van der Waals surface area (Å²) in [6.45, 7) is 6.36. The van der Waals surface area contributed by atoms with Crippen LogP contribution in [0.1, 0.15) is 36.5 Å². The number of ether oxygens (including phenoxy) is 3. The van der Waals surface area contributed by atoms with Crippen LogP contribution in [0.5, 0.6) is 11.5 Å². The van der Waals surface area contributed by atoms with Gasteiger partial charge in [-0.15, -0.1) is 0 Å². The Hall–Kier alpha value is -4.54. The predicted octanol–water partition coefficient (Wildman–Crippen LogP) is 6.42. The molecule has 0 radical (unpaired) electrons. The van der Waals surface area contributed by atoms with Gasteiger partial charge in [0.25, 0.3) is 0 Å². The fraction of sp³-hybridized carbons (Fsp3) is 0.364. The molecule has 6 N–H and O–H groups in total. The molecule has 1 heterocycles. The maximum Gasteiger partial charge on any atom is 0.499 e. The van der Waals surface area contributed by atoms with Gasteiger partial charge in [-0.05, 0) is 66.0 Å². The minimum absolute atomic E-state index is 0.0642. The van der Waals surface area contributed by atoms with Gasteiger partial charge in [0.15, 0.2) is 10.9 Å². The summed E-state index contributed by atoms with van der Waals surface area (Å²) in [6.07, 6.45) is -10.5. The molecular formula is C33H38F5N7O3S. The minimum Gasteiger partial charge on any atom is -0.497 e. The molecule has 3 aromatic carbocycles. The molecule has 0 aliphatic carbocycles. The summed E-state index contributed by atoms with van der Waals surface area (Å²) in [5.74, 6) is 0.693. The van der Waals surface area contributed by atoms with Gasteiger partial charge >= 0.3 is 12.3 Å². The summed E-state index contributed by atoms with van der Waals surface area (Å²) in [7, 11) is 1.61. The highest BCUT2D eigenvalue weighted by Gasteiger charge is 2.61. The number of methoxy groups -OCH3 is 1. The van der Waals surface area contributed by atoms with Gasteiger partial charge in [0, 0.05) is 42.0 Å². The predicted molar refractivity (Wildman–Crippen MR) is 183 cm³/mol. The molecule has 0 bridgehead atoms. The quantitative estimate of drug-likeness (QED) is 0.0299. The van der Waals surface area contributed by atoms with Crippen molar-refractivity contribution in [2.45, 2.75) is 38.5 Å². The van der Waals surface area contributed by atoms with Gasteiger partial charge in [0.2, 0.25) is 5.96 Å². The summed E-state index contributed by atoms with van der Waals surface area (Å²) in [6, 6.07) is 17.6. The van der Waals surface area contributed by atoms with Gasteiger partial charge in [0.05, 0.1) is 20.3 Å². The van der Waals surface area contributed by atoms with Crippen LogP contribution in [0.25, 0.3) is 0 Å². The van der Waals surface area contributed by atoms with Crippen molar-refractivity contribution in [2.75, 3.05) is 44.0 Å². The molecule has 10 nitrogen and oxygen atoms in total. The second-order valence-corrected chi connectivity index (χ2v) is 11.8. The SMILES string of the molecule is COc1ccc(C(C)C)c(NC(=S)NNCCc2ccc(C(=N)/N=C(/NCC3COC3)Nc3ccc(OC(F)(F)C(F)(F)F)cc3)cc2)c1. The van der Waals surface area contributed by atoms with Crippen LogP contribution in [0.3, 0.4) is 0 Å². The van der Waals surface area contributed by atoms with E-state index in [-0.39, 0.29) is 23.6 Å². The summed E-state index contributed by atoms with van der Waals surface area (Å²) < 4.78 is 78.3. The van der Waals surface area contributed by atoms with Crippen LogP contribution < -0.4 is 36.3 Å². The number of nitrogens with zero attached hydrogens (tertiary/aromatic N) is 1. The van der Waals surface area contributed by atoms with Gasteiger partial charge in [-0.1, -0.05) is 44.2 Å². The third kappa shape index (κ3) is 11.0. The second kappa shape index (κ2) is 16.7. The number of hydrogen-bond donors (Lipinski definition) is 6. The number of halogens is 5. The van der Waals surface area contributed by atoms with Crippen LogP contribution in [0.2, 0.25) is 0 Å². The lowest BCUT2D eigenvalue weighted by Crippen LogP contribution is -2.42. The number of benzene rings is 3. The Labute approximate surface area is 286 Å². The molecule has 0 spiro atoms. The van der Waals surface area contributed by atoms with Crippen molar-refractivity contribution in [1.82, 2.24) is 16.2 Å². The molecule has 49 heavy (non-hydrogen) atoms. The van der Waals surface area contributed by atoms with E-state index in [0.29, 0.717) is 49.1 Å². The van der Waals surface area contributed by atoms with Crippen molar-refractivity contribution in [3.63, 3.8) is 0 Å². The molecule has 0 saturated carbocycles. The smallest absolute Gasteiger partial charge is 0.497 e. The molecule has 1 aliphatic heterocycles. The van der Waals surface area contributed by atoms with E-state index in [0.717, 1.165) is 34.7 Å². The van der Waals surface area contributed by atoms with Crippen LogP contribution >= 0.6 is 12.2 Å². The molecule has 0 aromatic heterocycles. The lowest BCUT2D eigenvalue weighted by atomic mass is 10.0. The Morgan fingerprint density at radius 3 is 2.24 bits per heavy atom. The Kier molecular flexibility index (Phi) is 12.7. The number of rotatable bonds is 13. The monoisotopic (exact) mass is 707 g/mol. The minimum atomic E-state index is -5.85. The van der Waals surface area contributed by atoms with E-state index in [1.54, 1.807) is 19.2 Å². The zero-order valence-corrected chi connectivity index (χ0v) is 27.8. The van der Waals surface area contributed by atoms with Gasteiger partial charge < -0.3 is 30.2 Å². The average Bonchev–Trinajstić information content (AvgIpc) is 3.02. The highest BCUT2D eigenvalue weighted by Crippen LogP contribution is 2.37. The van der Waals surface area contributed by atoms with Crippen molar-refractivity contribution >= 4 is 40.5 Å². The third-order valence-electron chi connectivity index (χ3n) is 7.28. The number of anilines is 2. The lowest BCUT2D eigenvalue weighted by molar-refractivity contribution is -0.360. The van der Waals surface area contributed by atoms with E-state index in [1.165, 1.54) is 12.1 Å². The topological polar surface area (TPSA) is 124 Å². The molecule has 1 saturated heterocycles. The molecule has 0 amide bonds. The number of thiocarbonyl (C=S) groups is 1.